The fourth-order valence-electron chi connectivity index (χ4n) is 3.44. The maximum atomic E-state index is 11.8. The van der Waals surface area contributed by atoms with Crippen LogP contribution in [0.15, 0.2) is 24.3 Å². The predicted octanol–water partition coefficient (Wildman–Crippen LogP) is 2.34. The minimum absolute atomic E-state index is 0.198. The lowest BCUT2D eigenvalue weighted by Gasteiger charge is -2.25. The van der Waals surface area contributed by atoms with E-state index in [1.54, 1.807) is 0 Å². The number of nitriles is 1. The summed E-state index contributed by atoms with van der Waals surface area (Å²) in [6.45, 7) is 0.222. The summed E-state index contributed by atoms with van der Waals surface area (Å²) in [5.74, 6) is 2.45. The van der Waals surface area contributed by atoms with Gasteiger partial charge in [-0.2, -0.15) is 0 Å². The second-order valence-corrected chi connectivity index (χ2v) is 6.45. The van der Waals surface area contributed by atoms with Crippen molar-refractivity contribution in [2.45, 2.75) is 50.3 Å². The minimum Gasteiger partial charge on any atom is -0.374 e. The van der Waals surface area contributed by atoms with E-state index in [1.165, 1.54) is 5.56 Å². The van der Waals surface area contributed by atoms with Crippen molar-refractivity contribution in [3.63, 3.8) is 0 Å². The second-order valence-electron chi connectivity index (χ2n) is 6.45. The summed E-state index contributed by atoms with van der Waals surface area (Å²) in [6.07, 6.45) is 5.01. The van der Waals surface area contributed by atoms with Crippen molar-refractivity contribution >= 4 is 24.2 Å². The van der Waals surface area contributed by atoms with Gasteiger partial charge in [0.05, 0.1) is 0 Å². The molecule has 1 aromatic carbocycles. The average molecular weight is 309 g/mol. The van der Waals surface area contributed by atoms with Crippen LogP contribution in [0.3, 0.4) is 0 Å². The van der Waals surface area contributed by atoms with Crippen LogP contribution >= 0.6 is 0 Å². The molecule has 1 unspecified atom stereocenters. The van der Waals surface area contributed by atoms with Crippen LogP contribution in [0.4, 0.5) is 5.69 Å². The Morgan fingerprint density at radius 1 is 1.13 bits per heavy atom. The first-order valence-electron chi connectivity index (χ1n) is 8.25. The van der Waals surface area contributed by atoms with Gasteiger partial charge in [0.15, 0.2) is 0 Å². The first-order chi connectivity index (χ1) is 11.2. The van der Waals surface area contributed by atoms with Crippen molar-refractivity contribution in [3.8, 4) is 5.97 Å². The highest BCUT2D eigenvalue weighted by atomic mass is 16.2. The lowest BCUT2D eigenvalue weighted by molar-refractivity contribution is -0.133. The number of nitrogens with zero attached hydrogens (tertiary/aromatic N) is 1. The van der Waals surface area contributed by atoms with E-state index < -0.39 is 0 Å². The standard InChI is InChI=1S/C17H20BN3O2/c19-11-18-9-7-13(8-10-18)12-1-3-14(4-2-12)20-15-5-6-16(22)21-17(15)23/h1-4,13,15,20H,5-10H2,(H,21,22,23). The number of benzene rings is 1. The van der Waals surface area contributed by atoms with Gasteiger partial charge in [-0.3, -0.25) is 14.9 Å². The normalized spacial score (nSPS) is 22.4. The third kappa shape index (κ3) is 3.73. The fourth-order valence-corrected chi connectivity index (χ4v) is 3.44. The molecule has 1 atom stereocenters. The zero-order valence-corrected chi connectivity index (χ0v) is 13.0. The molecule has 0 aromatic heterocycles. The summed E-state index contributed by atoms with van der Waals surface area (Å²) in [5, 5.41) is 14.5. The van der Waals surface area contributed by atoms with Gasteiger partial charge in [-0.15, -0.1) is 0 Å². The molecule has 0 aliphatic carbocycles. The van der Waals surface area contributed by atoms with Gasteiger partial charge in [-0.05, 0) is 30.0 Å². The Balaban J connectivity index is 1.58. The molecule has 0 spiro atoms. The Kier molecular flexibility index (Phi) is 4.66. The van der Waals surface area contributed by atoms with Crippen LogP contribution < -0.4 is 10.6 Å². The minimum atomic E-state index is -0.343. The van der Waals surface area contributed by atoms with E-state index in [4.69, 9.17) is 5.26 Å². The second kappa shape index (κ2) is 6.87. The summed E-state index contributed by atoms with van der Waals surface area (Å²) in [4.78, 5) is 22.9. The van der Waals surface area contributed by atoms with Gasteiger partial charge in [-0.1, -0.05) is 37.6 Å². The summed E-state index contributed by atoms with van der Waals surface area (Å²) in [5.41, 5.74) is 2.20. The Labute approximate surface area is 136 Å². The van der Waals surface area contributed by atoms with E-state index in [9.17, 15) is 9.59 Å². The Hall–Kier alpha value is -2.29. The molecule has 1 aromatic rings. The van der Waals surface area contributed by atoms with E-state index >= 15 is 0 Å². The molecule has 6 heteroatoms. The quantitative estimate of drug-likeness (QED) is 0.663. The molecule has 2 saturated heterocycles. The van der Waals surface area contributed by atoms with E-state index in [-0.39, 0.29) is 24.6 Å². The molecule has 0 radical (unpaired) electrons. The van der Waals surface area contributed by atoms with E-state index in [0.717, 1.165) is 31.2 Å². The molecule has 2 fully saturated rings. The van der Waals surface area contributed by atoms with Gasteiger partial charge in [0.25, 0.3) is 6.71 Å². The molecule has 23 heavy (non-hydrogen) atoms. The lowest BCUT2D eigenvalue weighted by atomic mass is 9.41. The number of amides is 2. The van der Waals surface area contributed by atoms with E-state index in [1.807, 2.05) is 12.1 Å². The summed E-state index contributed by atoms with van der Waals surface area (Å²) in [7, 11) is 0. The number of piperidine rings is 1. The van der Waals surface area contributed by atoms with Crippen LogP contribution in [0.5, 0.6) is 0 Å². The third-order valence-electron chi connectivity index (χ3n) is 4.87. The summed E-state index contributed by atoms with van der Waals surface area (Å²) < 4.78 is 0. The van der Waals surface area contributed by atoms with Crippen molar-refractivity contribution in [2.24, 2.45) is 0 Å². The van der Waals surface area contributed by atoms with E-state index in [0.29, 0.717) is 18.8 Å². The third-order valence-corrected chi connectivity index (χ3v) is 4.87. The van der Waals surface area contributed by atoms with Crippen molar-refractivity contribution in [2.75, 3.05) is 5.32 Å². The summed E-state index contributed by atoms with van der Waals surface area (Å²) >= 11 is 0. The van der Waals surface area contributed by atoms with Gasteiger partial charge in [0.1, 0.15) is 6.04 Å². The van der Waals surface area contributed by atoms with Crippen LogP contribution in [0.2, 0.25) is 12.6 Å². The molecule has 3 rings (SSSR count). The number of hydrogen-bond donors (Lipinski definition) is 2. The largest absolute Gasteiger partial charge is 0.374 e. The van der Waals surface area contributed by atoms with Gasteiger partial charge in [0.2, 0.25) is 11.8 Å². The lowest BCUT2D eigenvalue weighted by Crippen LogP contribution is -2.47. The van der Waals surface area contributed by atoms with Crippen LogP contribution in [-0.4, -0.2) is 24.6 Å². The maximum absolute atomic E-state index is 11.8. The topological polar surface area (TPSA) is 82.0 Å². The number of hydrogen-bond acceptors (Lipinski definition) is 4. The number of imide groups is 1. The van der Waals surface area contributed by atoms with Crippen molar-refractivity contribution in [3.05, 3.63) is 29.8 Å². The van der Waals surface area contributed by atoms with E-state index in [2.05, 4.69) is 28.7 Å². The van der Waals surface area contributed by atoms with Crippen LogP contribution in [-0.2, 0) is 9.59 Å². The van der Waals surface area contributed by atoms with Gasteiger partial charge >= 0.3 is 0 Å². The van der Waals surface area contributed by atoms with Crippen LogP contribution in [0, 0.1) is 11.2 Å². The first-order valence-corrected chi connectivity index (χ1v) is 8.25. The Morgan fingerprint density at radius 2 is 1.83 bits per heavy atom. The molecule has 2 amide bonds. The van der Waals surface area contributed by atoms with Crippen LogP contribution in [0.1, 0.15) is 37.2 Å². The zero-order valence-electron chi connectivity index (χ0n) is 13.0. The number of nitrogens with one attached hydrogen (secondary N) is 2. The maximum Gasteiger partial charge on any atom is 0.267 e. The highest BCUT2D eigenvalue weighted by Crippen LogP contribution is 2.33. The molecule has 2 aliphatic rings. The van der Waals surface area contributed by atoms with Gasteiger partial charge in [-0.25, -0.2) is 5.26 Å². The SMILES string of the molecule is N#CB1CCC(c2ccc(NC3CCC(=O)NC3=O)cc2)CC1. The highest BCUT2D eigenvalue weighted by molar-refractivity contribution is 6.67. The molecular formula is C17H20BN3O2. The molecule has 2 N–H and O–H groups in total. The molecule has 0 saturated carbocycles. The van der Waals surface area contributed by atoms with Crippen molar-refractivity contribution in [1.29, 1.82) is 5.26 Å². The molecule has 5 nitrogen and oxygen atoms in total. The monoisotopic (exact) mass is 309 g/mol. The molecule has 118 valence electrons. The Bertz CT molecular complexity index is 630. The molecular weight excluding hydrogens is 289 g/mol. The smallest absolute Gasteiger partial charge is 0.267 e. The van der Waals surface area contributed by atoms with Gasteiger partial charge in [0, 0.05) is 18.1 Å². The first kappa shape index (κ1) is 15.6. The van der Waals surface area contributed by atoms with Crippen LogP contribution in [0.25, 0.3) is 0 Å². The number of carbonyl (C=O) groups is 2. The van der Waals surface area contributed by atoms with Crippen molar-refractivity contribution < 1.29 is 9.59 Å². The average Bonchev–Trinajstić information content (AvgIpc) is 2.58. The summed E-state index contributed by atoms with van der Waals surface area (Å²) in [6, 6.07) is 7.85. The van der Waals surface area contributed by atoms with Gasteiger partial charge < -0.3 is 5.32 Å². The molecule has 0 bridgehead atoms. The number of carbonyl (C=O) groups excluding carboxylic acids is 2. The zero-order chi connectivity index (χ0) is 16.2. The fraction of sp³-hybridized carbons (Fsp3) is 0.471. The van der Waals surface area contributed by atoms with Crippen molar-refractivity contribution in [1.82, 2.24) is 5.32 Å². The number of anilines is 1. The predicted molar refractivity (Wildman–Crippen MR) is 89.2 cm³/mol. The Morgan fingerprint density at radius 3 is 2.43 bits per heavy atom. The highest BCUT2D eigenvalue weighted by Gasteiger charge is 2.27. The number of rotatable bonds is 3. The molecule has 2 heterocycles. The molecule has 2 aliphatic heterocycles.